The molecular formula is C22H21ClN2O3S. The molecule has 0 aromatic heterocycles. The molecule has 0 saturated heterocycles. The van der Waals surface area contributed by atoms with Crippen LogP contribution in [0.3, 0.4) is 0 Å². The molecule has 2 N–H and O–H groups in total. The van der Waals surface area contributed by atoms with E-state index in [0.717, 1.165) is 11.1 Å². The zero-order valence-electron chi connectivity index (χ0n) is 15.6. The molecule has 0 spiro atoms. The van der Waals surface area contributed by atoms with E-state index in [9.17, 15) is 13.2 Å². The van der Waals surface area contributed by atoms with Gasteiger partial charge in [-0.25, -0.2) is 8.42 Å². The Bertz CT molecular complexity index is 1060. The second kappa shape index (κ2) is 9.69. The van der Waals surface area contributed by atoms with E-state index in [1.807, 2.05) is 42.5 Å². The number of amides is 1. The van der Waals surface area contributed by atoms with Crippen LogP contribution in [0.5, 0.6) is 0 Å². The summed E-state index contributed by atoms with van der Waals surface area (Å²) in [6.07, 6.45) is 0.223. The fraction of sp³-hybridized carbons (Fsp3) is 0.136. The lowest BCUT2D eigenvalue weighted by Gasteiger charge is -2.19. The first-order valence-corrected chi connectivity index (χ1v) is 10.9. The molecule has 0 saturated carbocycles. The summed E-state index contributed by atoms with van der Waals surface area (Å²) < 4.78 is 28.0. The van der Waals surface area contributed by atoms with Gasteiger partial charge in [-0.15, -0.1) is 0 Å². The summed E-state index contributed by atoms with van der Waals surface area (Å²) >= 11 is 6.14. The van der Waals surface area contributed by atoms with E-state index in [2.05, 4.69) is 10.0 Å². The highest BCUT2D eigenvalue weighted by Crippen LogP contribution is 2.15. The lowest BCUT2D eigenvalue weighted by molar-refractivity contribution is -0.122. The zero-order valence-corrected chi connectivity index (χ0v) is 17.2. The van der Waals surface area contributed by atoms with Crippen LogP contribution in [0.2, 0.25) is 5.02 Å². The first-order chi connectivity index (χ1) is 14.0. The Hall–Kier alpha value is -2.67. The Kier molecular flexibility index (Phi) is 7.04. The Balaban J connectivity index is 1.79. The van der Waals surface area contributed by atoms with Crippen molar-refractivity contribution < 1.29 is 13.2 Å². The van der Waals surface area contributed by atoms with Crippen molar-refractivity contribution in [2.75, 3.05) is 0 Å². The van der Waals surface area contributed by atoms with Crippen LogP contribution in [-0.2, 0) is 27.8 Å². The Morgan fingerprint density at radius 3 is 2.10 bits per heavy atom. The number of carbonyl (C=O) groups excluding carboxylic acids is 1. The van der Waals surface area contributed by atoms with Gasteiger partial charge in [-0.3, -0.25) is 4.79 Å². The number of sulfonamides is 1. The summed E-state index contributed by atoms with van der Waals surface area (Å²) in [6, 6.07) is 23.5. The van der Waals surface area contributed by atoms with E-state index in [0.29, 0.717) is 5.02 Å². The Morgan fingerprint density at radius 1 is 0.862 bits per heavy atom. The molecular weight excluding hydrogens is 408 g/mol. The quantitative estimate of drug-likeness (QED) is 0.576. The molecule has 0 fully saturated rings. The van der Waals surface area contributed by atoms with Crippen LogP contribution in [0.4, 0.5) is 0 Å². The molecule has 7 heteroatoms. The lowest BCUT2D eigenvalue weighted by atomic mass is 10.1. The standard InChI is InChI=1S/C22H21ClN2O3S/c23-20-14-8-7-11-18(20)16-24-22(26)21(15-17-9-3-1-4-10-17)25-29(27,28)19-12-5-2-6-13-19/h1-14,21,25H,15-16H2,(H,24,26)/t21-/m1/s1. The smallest absolute Gasteiger partial charge is 0.241 e. The molecule has 0 bridgehead atoms. The van der Waals surface area contributed by atoms with Gasteiger partial charge in [0.1, 0.15) is 6.04 Å². The molecule has 0 heterocycles. The minimum absolute atomic E-state index is 0.108. The van der Waals surface area contributed by atoms with E-state index in [1.54, 1.807) is 30.3 Å². The van der Waals surface area contributed by atoms with Gasteiger partial charge in [0.05, 0.1) is 4.90 Å². The summed E-state index contributed by atoms with van der Waals surface area (Å²) in [5.74, 6) is -0.423. The van der Waals surface area contributed by atoms with Gasteiger partial charge < -0.3 is 5.32 Å². The molecule has 150 valence electrons. The van der Waals surface area contributed by atoms with Crippen molar-refractivity contribution in [2.24, 2.45) is 0 Å². The van der Waals surface area contributed by atoms with Crippen LogP contribution in [-0.4, -0.2) is 20.4 Å². The van der Waals surface area contributed by atoms with Crippen molar-refractivity contribution in [1.29, 1.82) is 0 Å². The molecule has 1 amide bonds. The third-order valence-corrected chi connectivity index (χ3v) is 6.22. The molecule has 0 aliphatic rings. The zero-order chi connectivity index (χ0) is 20.7. The molecule has 3 rings (SSSR count). The van der Waals surface area contributed by atoms with Gasteiger partial charge in [0.25, 0.3) is 0 Å². The predicted octanol–water partition coefficient (Wildman–Crippen LogP) is 3.55. The molecule has 0 aliphatic heterocycles. The maximum atomic E-state index is 12.9. The Labute approximate surface area is 175 Å². The maximum Gasteiger partial charge on any atom is 0.241 e. The van der Waals surface area contributed by atoms with Gasteiger partial charge >= 0.3 is 0 Å². The fourth-order valence-electron chi connectivity index (χ4n) is 2.84. The van der Waals surface area contributed by atoms with E-state index >= 15 is 0 Å². The van der Waals surface area contributed by atoms with Gasteiger partial charge in [0.15, 0.2) is 0 Å². The molecule has 29 heavy (non-hydrogen) atoms. The maximum absolute atomic E-state index is 12.9. The summed E-state index contributed by atoms with van der Waals surface area (Å²) in [4.78, 5) is 13.0. The van der Waals surface area contributed by atoms with Crippen molar-refractivity contribution in [3.63, 3.8) is 0 Å². The largest absolute Gasteiger partial charge is 0.351 e. The molecule has 1 atom stereocenters. The van der Waals surface area contributed by atoms with E-state index in [4.69, 9.17) is 11.6 Å². The van der Waals surface area contributed by atoms with Gasteiger partial charge in [-0.1, -0.05) is 78.3 Å². The topological polar surface area (TPSA) is 75.3 Å². The number of nitrogens with one attached hydrogen (secondary N) is 2. The van der Waals surface area contributed by atoms with Gasteiger partial charge in [-0.05, 0) is 35.7 Å². The highest BCUT2D eigenvalue weighted by molar-refractivity contribution is 7.89. The SMILES string of the molecule is O=C(NCc1ccccc1Cl)[C@@H](Cc1ccccc1)NS(=O)(=O)c1ccccc1. The van der Waals surface area contributed by atoms with Crippen LogP contribution in [0, 0.1) is 0 Å². The second-order valence-corrected chi connectivity index (χ2v) is 8.61. The fourth-order valence-corrected chi connectivity index (χ4v) is 4.26. The van der Waals surface area contributed by atoms with Crippen molar-refractivity contribution in [1.82, 2.24) is 10.0 Å². The normalized spacial score (nSPS) is 12.3. The monoisotopic (exact) mass is 428 g/mol. The number of hydrogen-bond acceptors (Lipinski definition) is 3. The summed E-state index contributed by atoms with van der Waals surface area (Å²) in [5, 5.41) is 3.32. The van der Waals surface area contributed by atoms with Crippen molar-refractivity contribution in [3.05, 3.63) is 101 Å². The van der Waals surface area contributed by atoms with Crippen LogP contribution >= 0.6 is 11.6 Å². The highest BCUT2D eigenvalue weighted by Gasteiger charge is 2.26. The molecule has 0 unspecified atom stereocenters. The van der Waals surface area contributed by atoms with E-state index in [-0.39, 0.29) is 17.9 Å². The van der Waals surface area contributed by atoms with Crippen molar-refractivity contribution in [2.45, 2.75) is 23.9 Å². The van der Waals surface area contributed by atoms with Crippen LogP contribution < -0.4 is 10.0 Å². The first-order valence-electron chi connectivity index (χ1n) is 9.08. The second-order valence-electron chi connectivity index (χ2n) is 6.49. The van der Waals surface area contributed by atoms with Gasteiger partial charge in [0, 0.05) is 11.6 Å². The van der Waals surface area contributed by atoms with Gasteiger partial charge in [0.2, 0.25) is 15.9 Å². The number of halogens is 1. The molecule has 3 aromatic rings. The Morgan fingerprint density at radius 2 is 1.45 bits per heavy atom. The van der Waals surface area contributed by atoms with Crippen molar-refractivity contribution >= 4 is 27.5 Å². The summed E-state index contributed by atoms with van der Waals surface area (Å²) in [5.41, 5.74) is 1.60. The third kappa shape index (κ3) is 5.90. The predicted molar refractivity (Wildman–Crippen MR) is 114 cm³/mol. The molecule has 0 radical (unpaired) electrons. The van der Waals surface area contributed by atoms with Gasteiger partial charge in [-0.2, -0.15) is 4.72 Å². The number of rotatable bonds is 8. The lowest BCUT2D eigenvalue weighted by Crippen LogP contribution is -2.47. The van der Waals surface area contributed by atoms with Crippen molar-refractivity contribution in [3.8, 4) is 0 Å². The minimum Gasteiger partial charge on any atom is -0.351 e. The summed E-state index contributed by atoms with van der Waals surface area (Å²) in [6.45, 7) is 0.205. The van der Waals surface area contributed by atoms with Crippen LogP contribution in [0.1, 0.15) is 11.1 Å². The number of hydrogen-bond donors (Lipinski definition) is 2. The van der Waals surface area contributed by atoms with Crippen LogP contribution in [0.25, 0.3) is 0 Å². The molecule has 0 aliphatic carbocycles. The van der Waals surface area contributed by atoms with E-state index < -0.39 is 22.0 Å². The number of benzene rings is 3. The average Bonchev–Trinajstić information content (AvgIpc) is 2.74. The summed E-state index contributed by atoms with van der Waals surface area (Å²) in [7, 11) is -3.85. The minimum atomic E-state index is -3.85. The average molecular weight is 429 g/mol. The molecule has 3 aromatic carbocycles. The van der Waals surface area contributed by atoms with E-state index in [1.165, 1.54) is 12.1 Å². The first kappa shape index (κ1) is 21.0. The third-order valence-electron chi connectivity index (χ3n) is 4.36. The highest BCUT2D eigenvalue weighted by atomic mass is 35.5. The number of carbonyl (C=O) groups is 1. The molecule has 5 nitrogen and oxygen atoms in total. The van der Waals surface area contributed by atoms with Crippen LogP contribution in [0.15, 0.2) is 89.8 Å².